The summed E-state index contributed by atoms with van der Waals surface area (Å²) in [5.74, 6) is -3.03. The van der Waals surface area contributed by atoms with Crippen molar-refractivity contribution in [1.29, 1.82) is 0 Å². The first-order valence-corrected chi connectivity index (χ1v) is 17.8. The molecule has 2 aromatic rings. The van der Waals surface area contributed by atoms with Crippen LogP contribution in [0.5, 0.6) is 5.75 Å². The zero-order valence-corrected chi connectivity index (χ0v) is 29.1. The van der Waals surface area contributed by atoms with Gasteiger partial charge in [0.2, 0.25) is 11.8 Å². The van der Waals surface area contributed by atoms with E-state index in [4.69, 9.17) is 18.9 Å². The van der Waals surface area contributed by atoms with E-state index in [-0.39, 0.29) is 50.4 Å². The van der Waals surface area contributed by atoms with Gasteiger partial charge in [0.1, 0.15) is 29.4 Å². The summed E-state index contributed by atoms with van der Waals surface area (Å²) in [5.41, 5.74) is -0.162. The molecule has 0 unspecified atom stereocenters. The summed E-state index contributed by atoms with van der Waals surface area (Å²) < 4.78 is 24.0. The largest absolute Gasteiger partial charge is 0.497 e. The molecule has 12 nitrogen and oxygen atoms in total. The van der Waals surface area contributed by atoms with Crippen molar-refractivity contribution in [2.75, 3.05) is 45.4 Å². The number of fused-ring (bicyclic) bond motifs is 2. The number of benzene rings is 2. The number of carbonyl (C=O) groups excluding carboxylic acids is 4. The molecule has 51 heavy (non-hydrogen) atoms. The van der Waals surface area contributed by atoms with E-state index >= 15 is 0 Å². The van der Waals surface area contributed by atoms with Gasteiger partial charge in [0.25, 0.3) is 5.91 Å². The summed E-state index contributed by atoms with van der Waals surface area (Å²) in [6.45, 7) is 0.678. The van der Waals surface area contributed by atoms with Crippen LogP contribution in [-0.2, 0) is 33.4 Å². The SMILES string of the molecule is COC[C@@H]1NC(=O)CC/C=C\[C@@H]2O[C@@]34C=CCN(c5ccc(OC)cc5)C(=O)[C@@H]3N(CCCCCCO)C(=O)[C@H]4[C@@H]2C(=O)O[C@H]1c1ccccc1. The Labute approximate surface area is 298 Å². The monoisotopic (exact) mass is 701 g/mol. The molecule has 0 bridgehead atoms. The summed E-state index contributed by atoms with van der Waals surface area (Å²) in [6.07, 6.45) is 8.67. The highest BCUT2D eigenvalue weighted by Gasteiger charge is 2.71. The van der Waals surface area contributed by atoms with Crippen LogP contribution in [0.3, 0.4) is 0 Å². The average molecular weight is 702 g/mol. The third-order valence-corrected chi connectivity index (χ3v) is 10.3. The number of hydrogen-bond acceptors (Lipinski definition) is 9. The number of carbonyl (C=O) groups is 4. The maximum Gasteiger partial charge on any atom is 0.313 e. The smallest absolute Gasteiger partial charge is 0.313 e. The molecule has 2 fully saturated rings. The number of likely N-dealkylation sites (tertiary alicyclic amines) is 1. The Morgan fingerprint density at radius 2 is 1.71 bits per heavy atom. The van der Waals surface area contributed by atoms with Gasteiger partial charge in [-0.3, -0.25) is 19.2 Å². The average Bonchev–Trinajstić information content (AvgIpc) is 3.52. The van der Waals surface area contributed by atoms with Gasteiger partial charge in [-0.25, -0.2) is 0 Å². The van der Waals surface area contributed by atoms with Gasteiger partial charge in [-0.15, -0.1) is 0 Å². The van der Waals surface area contributed by atoms with Gasteiger partial charge >= 0.3 is 5.97 Å². The lowest BCUT2D eigenvalue weighted by atomic mass is 9.77. The van der Waals surface area contributed by atoms with E-state index in [9.17, 15) is 24.3 Å². The molecular formula is C39H47N3O9. The molecule has 3 amide bonds. The highest BCUT2D eigenvalue weighted by atomic mass is 16.6. The second kappa shape index (κ2) is 16.2. The maximum atomic E-state index is 14.8. The number of anilines is 1. The number of aliphatic hydroxyl groups is 1. The lowest BCUT2D eigenvalue weighted by Gasteiger charge is -2.35. The van der Waals surface area contributed by atoms with Crippen LogP contribution in [0.25, 0.3) is 0 Å². The minimum atomic E-state index is -1.46. The maximum absolute atomic E-state index is 14.8. The number of amides is 3. The fourth-order valence-corrected chi connectivity index (χ4v) is 7.87. The number of unbranched alkanes of at least 4 members (excludes halogenated alkanes) is 3. The van der Waals surface area contributed by atoms with Crippen molar-refractivity contribution in [1.82, 2.24) is 10.2 Å². The molecule has 2 N–H and O–H groups in total. The number of rotatable bonds is 11. The predicted molar refractivity (Wildman–Crippen MR) is 188 cm³/mol. The molecule has 4 aliphatic rings. The van der Waals surface area contributed by atoms with Crippen molar-refractivity contribution >= 4 is 29.4 Å². The number of aliphatic hydroxyl groups excluding tert-OH is 1. The highest BCUT2D eigenvalue weighted by molar-refractivity contribution is 6.05. The first-order chi connectivity index (χ1) is 24.8. The summed E-state index contributed by atoms with van der Waals surface area (Å²) in [4.78, 5) is 60.4. The first kappa shape index (κ1) is 36.3. The topological polar surface area (TPSA) is 144 Å². The van der Waals surface area contributed by atoms with Crippen molar-refractivity contribution in [2.45, 2.75) is 68.4 Å². The van der Waals surface area contributed by atoms with E-state index < -0.39 is 47.7 Å². The van der Waals surface area contributed by atoms with E-state index in [0.717, 1.165) is 12.8 Å². The van der Waals surface area contributed by atoms with Gasteiger partial charge in [-0.2, -0.15) is 0 Å². The fraction of sp³-hybridized carbons (Fsp3) is 0.487. The molecule has 2 aromatic carbocycles. The van der Waals surface area contributed by atoms with Crippen LogP contribution in [0.1, 0.15) is 50.2 Å². The summed E-state index contributed by atoms with van der Waals surface area (Å²) in [6, 6.07) is 14.5. The van der Waals surface area contributed by atoms with Crippen LogP contribution in [0.15, 0.2) is 78.9 Å². The van der Waals surface area contributed by atoms with E-state index in [2.05, 4.69) is 5.32 Å². The van der Waals surface area contributed by atoms with Crippen LogP contribution in [0.2, 0.25) is 0 Å². The molecule has 1 spiro atoms. The Morgan fingerprint density at radius 1 is 0.941 bits per heavy atom. The Morgan fingerprint density at radius 3 is 2.43 bits per heavy atom. The second-order valence-electron chi connectivity index (χ2n) is 13.4. The summed E-state index contributed by atoms with van der Waals surface area (Å²) >= 11 is 0. The van der Waals surface area contributed by atoms with Crippen molar-refractivity contribution in [3.8, 4) is 5.75 Å². The molecule has 0 aromatic heterocycles. The lowest BCUT2D eigenvalue weighted by molar-refractivity contribution is -0.162. The van der Waals surface area contributed by atoms with Crippen molar-refractivity contribution in [3.63, 3.8) is 0 Å². The van der Waals surface area contributed by atoms with Gasteiger partial charge in [-0.05, 0) is 49.1 Å². The van der Waals surface area contributed by atoms with Gasteiger partial charge < -0.3 is 39.2 Å². The summed E-state index contributed by atoms with van der Waals surface area (Å²) in [7, 11) is 3.09. The number of allylic oxidation sites excluding steroid dienone is 1. The van der Waals surface area contributed by atoms with E-state index in [0.29, 0.717) is 36.3 Å². The molecule has 0 radical (unpaired) electrons. The van der Waals surface area contributed by atoms with E-state index in [1.54, 1.807) is 59.4 Å². The molecule has 7 atom stereocenters. The number of ether oxygens (including phenoxy) is 4. The normalized spacial score (nSPS) is 29.9. The molecule has 272 valence electrons. The number of esters is 1. The number of cyclic esters (lactones) is 1. The molecule has 12 heteroatoms. The molecular weight excluding hydrogens is 654 g/mol. The zero-order valence-electron chi connectivity index (χ0n) is 29.1. The number of nitrogens with one attached hydrogen (secondary N) is 1. The van der Waals surface area contributed by atoms with Crippen LogP contribution in [-0.4, -0.2) is 98.0 Å². The molecule has 0 saturated carbocycles. The Hall–Kier alpha value is -4.52. The van der Waals surface area contributed by atoms with Crippen LogP contribution in [0, 0.1) is 11.8 Å². The van der Waals surface area contributed by atoms with E-state index in [1.165, 1.54) is 7.11 Å². The minimum absolute atomic E-state index is 0.0792. The number of methoxy groups -OCH3 is 2. The molecule has 4 aliphatic heterocycles. The molecule has 6 rings (SSSR count). The van der Waals surface area contributed by atoms with Gasteiger partial charge in [-0.1, -0.05) is 67.5 Å². The Bertz CT molecular complexity index is 1610. The Kier molecular flexibility index (Phi) is 11.5. The lowest BCUT2D eigenvalue weighted by Crippen LogP contribution is -2.55. The van der Waals surface area contributed by atoms with Gasteiger partial charge in [0.15, 0.2) is 0 Å². The van der Waals surface area contributed by atoms with Gasteiger partial charge in [0.05, 0.1) is 31.8 Å². The predicted octanol–water partition coefficient (Wildman–Crippen LogP) is 3.50. The number of hydrogen-bond donors (Lipinski definition) is 2. The molecule has 2 saturated heterocycles. The minimum Gasteiger partial charge on any atom is -0.497 e. The van der Waals surface area contributed by atoms with Crippen molar-refractivity contribution in [2.24, 2.45) is 11.8 Å². The third-order valence-electron chi connectivity index (χ3n) is 10.3. The van der Waals surface area contributed by atoms with Crippen molar-refractivity contribution in [3.05, 3.63) is 84.5 Å². The number of nitrogens with zero attached hydrogens (tertiary/aromatic N) is 2. The van der Waals surface area contributed by atoms with Crippen LogP contribution >= 0.6 is 0 Å². The third kappa shape index (κ3) is 7.31. The first-order valence-electron chi connectivity index (χ1n) is 17.8. The van der Waals surface area contributed by atoms with Crippen LogP contribution < -0.4 is 15.0 Å². The fourth-order valence-electron chi connectivity index (χ4n) is 7.87. The standard InChI is InChI=1S/C39H47N3O9/c1-48-25-29-34(26-13-6-5-7-14-26)50-38(47)32-30(15-8-9-16-31(44)40-29)51-39-21-12-23-41(27-17-19-28(49-2)20-18-27)37(46)35(39)42(36(45)33(32)39)22-10-3-4-11-24-43/h5-8,12-15,17-21,29-30,32-35,43H,3-4,9-11,16,22-25H2,1-2H3,(H,40,44)/b15-8-/t29-,30-,32+,33+,34-,35-,39+/m0/s1. The quantitative estimate of drug-likeness (QED) is 0.205. The van der Waals surface area contributed by atoms with Crippen LogP contribution in [0.4, 0.5) is 5.69 Å². The zero-order chi connectivity index (χ0) is 36.0. The van der Waals surface area contributed by atoms with E-state index in [1.807, 2.05) is 36.4 Å². The molecule has 4 heterocycles. The molecule has 0 aliphatic carbocycles. The van der Waals surface area contributed by atoms with Crippen molar-refractivity contribution < 1.29 is 43.2 Å². The summed E-state index contributed by atoms with van der Waals surface area (Å²) in [5, 5.41) is 12.3. The van der Waals surface area contributed by atoms with Gasteiger partial charge in [0, 0.05) is 38.9 Å². The Balaban J connectivity index is 1.41. The highest BCUT2D eigenvalue weighted by Crippen LogP contribution is 2.53. The second-order valence-corrected chi connectivity index (χ2v) is 13.4.